The monoisotopic (exact) mass is 400 g/mol. The summed E-state index contributed by atoms with van der Waals surface area (Å²) in [5, 5.41) is 0. The number of nitrogens with zero attached hydrogens (tertiary/aromatic N) is 1. The van der Waals surface area contributed by atoms with Gasteiger partial charge in [0, 0.05) is 25.2 Å². The van der Waals surface area contributed by atoms with Gasteiger partial charge >= 0.3 is 0 Å². The number of carbonyl (C=O) groups is 1. The van der Waals surface area contributed by atoms with E-state index in [1.807, 2.05) is 24.3 Å². The normalized spacial score (nSPS) is 13.8. The zero-order chi connectivity index (χ0) is 20.1. The highest BCUT2D eigenvalue weighted by molar-refractivity contribution is 7.89. The maximum atomic E-state index is 12.6. The van der Waals surface area contributed by atoms with Gasteiger partial charge in [0.25, 0.3) is 5.91 Å². The summed E-state index contributed by atoms with van der Waals surface area (Å²) in [7, 11) is -1.80. The van der Waals surface area contributed by atoms with Crippen LogP contribution >= 0.6 is 0 Å². The Morgan fingerprint density at radius 2 is 1.82 bits per heavy atom. The summed E-state index contributed by atoms with van der Waals surface area (Å²) < 4.78 is 32.5. The van der Waals surface area contributed by atoms with Gasteiger partial charge in [-0.25, -0.2) is 13.1 Å². The van der Waals surface area contributed by atoms with E-state index < -0.39 is 10.0 Å². The van der Waals surface area contributed by atoms with Crippen molar-refractivity contribution in [2.75, 3.05) is 13.7 Å². The van der Waals surface area contributed by atoms with Gasteiger partial charge in [-0.2, -0.15) is 0 Å². The van der Waals surface area contributed by atoms with Gasteiger partial charge in [0.1, 0.15) is 12.4 Å². The molecule has 0 saturated heterocycles. The Hall–Kier alpha value is -2.64. The third-order valence-corrected chi connectivity index (χ3v) is 5.90. The number of carbonyl (C=O) groups excluding carboxylic acids is 1. The molecule has 1 fully saturated rings. The average molecular weight is 401 g/mol. The average Bonchev–Trinajstić information content (AvgIpc) is 3.50. The zero-order valence-electron chi connectivity index (χ0n) is 15.8. The third kappa shape index (κ3) is 5.21. The number of sulfonamides is 1. The van der Waals surface area contributed by atoms with Crippen LogP contribution in [0.2, 0.25) is 0 Å². The summed E-state index contributed by atoms with van der Waals surface area (Å²) in [5.74, 6) is 0.570. The van der Waals surface area contributed by atoms with Crippen LogP contribution in [-0.4, -0.2) is 38.9 Å². The Balaban J connectivity index is 1.61. The molecule has 0 bridgehead atoms. The standard InChI is InChI=1S/C21H24N2O4S/c1-3-14-27-19-10-4-16(5-11-19)15-23(2)21(24)17-6-12-20(13-7-17)28(25,26)22-18-8-9-18/h3-7,10-13,18,22H,1,8-9,14-15H2,2H3. The minimum absolute atomic E-state index is 0.0472. The van der Waals surface area contributed by atoms with E-state index in [1.165, 1.54) is 12.1 Å². The predicted molar refractivity (Wildman–Crippen MR) is 108 cm³/mol. The van der Waals surface area contributed by atoms with Crippen LogP contribution in [0.15, 0.2) is 66.1 Å². The highest BCUT2D eigenvalue weighted by Crippen LogP contribution is 2.22. The zero-order valence-corrected chi connectivity index (χ0v) is 16.6. The Labute approximate surface area is 165 Å². The molecule has 28 heavy (non-hydrogen) atoms. The lowest BCUT2D eigenvalue weighted by molar-refractivity contribution is 0.0785. The molecule has 1 amide bonds. The Bertz CT molecular complexity index is 933. The third-order valence-electron chi connectivity index (χ3n) is 4.37. The quantitative estimate of drug-likeness (QED) is 0.657. The molecule has 0 aromatic heterocycles. The smallest absolute Gasteiger partial charge is 0.253 e. The summed E-state index contributed by atoms with van der Waals surface area (Å²) in [5.41, 5.74) is 1.41. The molecule has 0 spiro atoms. The Morgan fingerprint density at radius 3 is 2.39 bits per heavy atom. The molecule has 148 valence electrons. The SMILES string of the molecule is C=CCOc1ccc(CN(C)C(=O)c2ccc(S(=O)(=O)NC3CC3)cc2)cc1. The molecule has 0 heterocycles. The minimum Gasteiger partial charge on any atom is -0.490 e. The van der Waals surface area contributed by atoms with Crippen molar-refractivity contribution < 1.29 is 17.9 Å². The van der Waals surface area contributed by atoms with E-state index in [1.54, 1.807) is 30.2 Å². The lowest BCUT2D eigenvalue weighted by Crippen LogP contribution is -2.27. The molecule has 2 aromatic carbocycles. The molecule has 0 atom stereocenters. The van der Waals surface area contributed by atoms with Crippen molar-refractivity contribution in [2.24, 2.45) is 0 Å². The summed E-state index contributed by atoms with van der Waals surface area (Å²) in [4.78, 5) is 14.4. The number of hydrogen-bond acceptors (Lipinski definition) is 4. The van der Waals surface area contributed by atoms with Crippen molar-refractivity contribution in [2.45, 2.75) is 30.3 Å². The summed E-state index contributed by atoms with van der Waals surface area (Å²) in [6.45, 7) is 4.49. The van der Waals surface area contributed by atoms with Crippen LogP contribution in [0.4, 0.5) is 0 Å². The molecule has 2 aromatic rings. The van der Waals surface area contributed by atoms with E-state index in [0.29, 0.717) is 18.7 Å². The minimum atomic E-state index is -3.51. The van der Waals surface area contributed by atoms with E-state index in [2.05, 4.69) is 11.3 Å². The van der Waals surface area contributed by atoms with Crippen molar-refractivity contribution in [3.05, 3.63) is 72.3 Å². The molecular weight excluding hydrogens is 376 g/mol. The number of nitrogens with one attached hydrogen (secondary N) is 1. The topological polar surface area (TPSA) is 75.7 Å². The second-order valence-corrected chi connectivity index (χ2v) is 8.54. The van der Waals surface area contributed by atoms with Crippen molar-refractivity contribution in [3.8, 4) is 5.75 Å². The van der Waals surface area contributed by atoms with Crippen LogP contribution in [0.1, 0.15) is 28.8 Å². The van der Waals surface area contributed by atoms with Crippen LogP contribution in [0.5, 0.6) is 5.75 Å². The predicted octanol–water partition coefficient (Wildman–Crippen LogP) is 2.96. The lowest BCUT2D eigenvalue weighted by Gasteiger charge is -2.18. The van der Waals surface area contributed by atoms with Gasteiger partial charge in [0.2, 0.25) is 10.0 Å². The van der Waals surface area contributed by atoms with Crippen molar-refractivity contribution in [3.63, 3.8) is 0 Å². The van der Waals surface area contributed by atoms with Crippen molar-refractivity contribution >= 4 is 15.9 Å². The number of amides is 1. The molecule has 3 rings (SSSR count). The Morgan fingerprint density at radius 1 is 1.18 bits per heavy atom. The van der Waals surface area contributed by atoms with Gasteiger partial charge in [0.05, 0.1) is 4.90 Å². The van der Waals surface area contributed by atoms with Crippen LogP contribution in [0.3, 0.4) is 0 Å². The number of rotatable bonds is 9. The fraction of sp³-hybridized carbons (Fsp3) is 0.286. The van der Waals surface area contributed by atoms with Gasteiger partial charge in [-0.15, -0.1) is 0 Å². The largest absolute Gasteiger partial charge is 0.490 e. The number of hydrogen-bond donors (Lipinski definition) is 1. The molecular formula is C21H24N2O4S. The molecule has 0 radical (unpaired) electrons. The molecule has 1 saturated carbocycles. The highest BCUT2D eigenvalue weighted by atomic mass is 32.2. The summed E-state index contributed by atoms with van der Waals surface area (Å²) in [6, 6.07) is 13.6. The van der Waals surface area contributed by atoms with Gasteiger partial charge < -0.3 is 9.64 Å². The molecule has 1 N–H and O–H groups in total. The van der Waals surface area contributed by atoms with E-state index in [9.17, 15) is 13.2 Å². The highest BCUT2D eigenvalue weighted by Gasteiger charge is 2.28. The molecule has 6 nitrogen and oxygen atoms in total. The lowest BCUT2D eigenvalue weighted by atomic mass is 10.1. The van der Waals surface area contributed by atoms with E-state index in [4.69, 9.17) is 4.74 Å². The van der Waals surface area contributed by atoms with Crippen molar-refractivity contribution in [1.82, 2.24) is 9.62 Å². The number of ether oxygens (including phenoxy) is 1. The fourth-order valence-electron chi connectivity index (χ4n) is 2.68. The fourth-order valence-corrected chi connectivity index (χ4v) is 3.98. The van der Waals surface area contributed by atoms with Gasteiger partial charge in [-0.1, -0.05) is 24.8 Å². The van der Waals surface area contributed by atoms with Crippen LogP contribution < -0.4 is 9.46 Å². The first kappa shape index (κ1) is 20.1. The number of benzene rings is 2. The maximum absolute atomic E-state index is 12.6. The molecule has 1 aliphatic carbocycles. The van der Waals surface area contributed by atoms with Gasteiger partial charge in [0.15, 0.2) is 0 Å². The van der Waals surface area contributed by atoms with Gasteiger partial charge in [-0.05, 0) is 54.8 Å². The molecule has 0 unspecified atom stereocenters. The molecule has 1 aliphatic rings. The van der Waals surface area contributed by atoms with E-state index >= 15 is 0 Å². The Kier molecular flexibility index (Phi) is 6.16. The van der Waals surface area contributed by atoms with Crippen LogP contribution in [-0.2, 0) is 16.6 Å². The molecule has 7 heteroatoms. The summed E-state index contributed by atoms with van der Waals surface area (Å²) >= 11 is 0. The first-order valence-electron chi connectivity index (χ1n) is 9.09. The van der Waals surface area contributed by atoms with Crippen molar-refractivity contribution in [1.29, 1.82) is 0 Å². The maximum Gasteiger partial charge on any atom is 0.253 e. The van der Waals surface area contributed by atoms with Crippen LogP contribution in [0, 0.1) is 0 Å². The summed E-state index contributed by atoms with van der Waals surface area (Å²) in [6.07, 6.45) is 3.43. The first-order chi connectivity index (χ1) is 13.4. The second-order valence-electron chi connectivity index (χ2n) is 6.82. The van der Waals surface area contributed by atoms with E-state index in [-0.39, 0.29) is 16.8 Å². The molecule has 0 aliphatic heterocycles. The first-order valence-corrected chi connectivity index (χ1v) is 10.6. The second kappa shape index (κ2) is 8.58. The van der Waals surface area contributed by atoms with Gasteiger partial charge in [-0.3, -0.25) is 4.79 Å². The van der Waals surface area contributed by atoms with Crippen LogP contribution in [0.25, 0.3) is 0 Å². The van der Waals surface area contributed by atoms with E-state index in [0.717, 1.165) is 24.2 Å².